The van der Waals surface area contributed by atoms with Crippen LogP contribution >= 0.6 is 0 Å². The van der Waals surface area contributed by atoms with Crippen molar-refractivity contribution < 1.29 is 9.53 Å². The Bertz CT molecular complexity index is 608. The van der Waals surface area contributed by atoms with Gasteiger partial charge in [0, 0.05) is 32.0 Å². The number of likely N-dealkylation sites (tertiary alicyclic amines) is 1. The van der Waals surface area contributed by atoms with Crippen LogP contribution in [0.3, 0.4) is 0 Å². The Kier molecular flexibility index (Phi) is 3.69. The molecular weight excluding hydrogens is 254 g/mol. The Labute approximate surface area is 117 Å². The topological polar surface area (TPSA) is 58.2 Å². The van der Waals surface area contributed by atoms with Gasteiger partial charge in [0.2, 0.25) is 5.91 Å². The number of H-pyrrole nitrogens is 1. The molecule has 1 saturated heterocycles. The zero-order valence-corrected chi connectivity index (χ0v) is 11.6. The number of carbonyl (C=O) groups excluding carboxylic acids is 1. The number of fused-ring (bicyclic) bond motifs is 1. The van der Waals surface area contributed by atoms with E-state index in [2.05, 4.69) is 28.4 Å². The zero-order valence-electron chi connectivity index (χ0n) is 11.6. The molecule has 5 nitrogen and oxygen atoms in total. The first-order chi connectivity index (χ1) is 9.76. The molecule has 1 N–H and O–H groups in total. The van der Waals surface area contributed by atoms with Crippen LogP contribution in [0, 0.1) is 5.92 Å². The molecule has 1 aromatic carbocycles. The molecule has 0 radical (unpaired) electrons. The van der Waals surface area contributed by atoms with Gasteiger partial charge in [-0.1, -0.05) is 12.1 Å². The number of ether oxygens (including phenoxy) is 1. The minimum Gasteiger partial charge on any atom is -0.383 e. The molecule has 5 heteroatoms. The first-order valence-electron chi connectivity index (χ1n) is 6.95. The normalized spacial score (nSPS) is 19.1. The van der Waals surface area contributed by atoms with Crippen molar-refractivity contribution in [1.29, 1.82) is 0 Å². The fraction of sp³-hybridized carbons (Fsp3) is 0.467. The summed E-state index contributed by atoms with van der Waals surface area (Å²) in [5, 5.41) is 8.14. The van der Waals surface area contributed by atoms with Crippen LogP contribution in [0.2, 0.25) is 0 Å². The lowest BCUT2D eigenvalue weighted by atomic mass is 9.98. The van der Waals surface area contributed by atoms with Crippen molar-refractivity contribution in [1.82, 2.24) is 15.1 Å². The number of nitrogens with one attached hydrogen (secondary N) is 1. The molecule has 2 aromatic rings. The maximum absolute atomic E-state index is 11.9. The number of hydrogen-bond donors (Lipinski definition) is 1. The molecule has 0 bridgehead atoms. The van der Waals surface area contributed by atoms with E-state index in [0.29, 0.717) is 25.5 Å². The van der Waals surface area contributed by atoms with Gasteiger partial charge in [0.1, 0.15) is 0 Å². The Morgan fingerprint density at radius 2 is 2.40 bits per heavy atom. The lowest BCUT2D eigenvalue weighted by Crippen LogP contribution is -2.28. The second-order valence-electron chi connectivity index (χ2n) is 5.40. The molecule has 2 heterocycles. The molecule has 1 aliphatic heterocycles. The van der Waals surface area contributed by atoms with E-state index >= 15 is 0 Å². The fourth-order valence-electron chi connectivity index (χ4n) is 2.85. The van der Waals surface area contributed by atoms with Gasteiger partial charge in [-0.15, -0.1) is 0 Å². The van der Waals surface area contributed by atoms with Gasteiger partial charge in [-0.2, -0.15) is 5.10 Å². The standard InChI is InChI=1S/C15H19N3O2/c1-20-5-4-18-10-12(8-15(18)19)6-11-2-3-13-9-16-17-14(13)7-11/h2-3,7,9,12H,4-6,8,10H2,1H3,(H,16,17)/t12-/m0/s1. The van der Waals surface area contributed by atoms with Crippen LogP contribution in [0.1, 0.15) is 12.0 Å². The first kappa shape index (κ1) is 13.1. The Morgan fingerprint density at radius 1 is 1.50 bits per heavy atom. The predicted octanol–water partition coefficient (Wildman–Crippen LogP) is 1.60. The molecule has 20 heavy (non-hydrogen) atoms. The zero-order chi connectivity index (χ0) is 13.9. The second kappa shape index (κ2) is 5.63. The lowest BCUT2D eigenvalue weighted by molar-refractivity contribution is -0.128. The number of nitrogens with zero attached hydrogens (tertiary/aromatic N) is 2. The first-order valence-corrected chi connectivity index (χ1v) is 6.95. The molecular formula is C15H19N3O2. The highest BCUT2D eigenvalue weighted by Crippen LogP contribution is 2.23. The van der Waals surface area contributed by atoms with Crippen molar-refractivity contribution in [3.8, 4) is 0 Å². The van der Waals surface area contributed by atoms with E-state index in [-0.39, 0.29) is 5.91 Å². The van der Waals surface area contributed by atoms with E-state index in [1.807, 2.05) is 11.1 Å². The summed E-state index contributed by atoms with van der Waals surface area (Å²) < 4.78 is 5.04. The number of aromatic amines is 1. The van der Waals surface area contributed by atoms with Crippen molar-refractivity contribution in [3.05, 3.63) is 30.0 Å². The van der Waals surface area contributed by atoms with Crippen LogP contribution in [-0.2, 0) is 16.0 Å². The van der Waals surface area contributed by atoms with Gasteiger partial charge in [0.05, 0.1) is 18.3 Å². The van der Waals surface area contributed by atoms with E-state index in [1.54, 1.807) is 7.11 Å². The summed E-state index contributed by atoms with van der Waals surface area (Å²) in [6, 6.07) is 6.33. The Hall–Kier alpha value is -1.88. The molecule has 1 amide bonds. The number of aromatic nitrogens is 2. The molecule has 0 spiro atoms. The molecule has 1 fully saturated rings. The largest absolute Gasteiger partial charge is 0.383 e. The van der Waals surface area contributed by atoms with Crippen LogP contribution in [-0.4, -0.2) is 47.8 Å². The van der Waals surface area contributed by atoms with Crippen molar-refractivity contribution in [2.75, 3.05) is 26.8 Å². The SMILES string of the molecule is COCCN1C[C@@H](Cc2ccc3cn[nH]c3c2)CC1=O. The van der Waals surface area contributed by atoms with E-state index in [1.165, 1.54) is 5.56 Å². The highest BCUT2D eigenvalue weighted by atomic mass is 16.5. The maximum Gasteiger partial charge on any atom is 0.223 e. The smallest absolute Gasteiger partial charge is 0.223 e. The molecule has 106 valence electrons. The number of rotatable bonds is 5. The van der Waals surface area contributed by atoms with Gasteiger partial charge in [-0.3, -0.25) is 9.89 Å². The van der Waals surface area contributed by atoms with E-state index < -0.39 is 0 Å². The third-order valence-corrected chi connectivity index (χ3v) is 3.89. The van der Waals surface area contributed by atoms with Crippen LogP contribution < -0.4 is 0 Å². The molecule has 0 aliphatic carbocycles. The molecule has 0 unspecified atom stereocenters. The van der Waals surface area contributed by atoms with E-state index in [0.717, 1.165) is 23.9 Å². The third kappa shape index (κ3) is 2.67. The van der Waals surface area contributed by atoms with Gasteiger partial charge in [-0.25, -0.2) is 0 Å². The lowest BCUT2D eigenvalue weighted by Gasteiger charge is -2.15. The van der Waals surface area contributed by atoms with Crippen molar-refractivity contribution >= 4 is 16.8 Å². The summed E-state index contributed by atoms with van der Waals surface area (Å²) >= 11 is 0. The summed E-state index contributed by atoms with van der Waals surface area (Å²) in [5.41, 5.74) is 2.32. The Morgan fingerprint density at radius 3 is 3.25 bits per heavy atom. The molecule has 0 saturated carbocycles. The molecule has 1 aliphatic rings. The third-order valence-electron chi connectivity index (χ3n) is 3.89. The minimum atomic E-state index is 0.245. The van der Waals surface area contributed by atoms with Crippen LogP contribution in [0.5, 0.6) is 0 Å². The Balaban J connectivity index is 1.64. The second-order valence-corrected chi connectivity index (χ2v) is 5.40. The number of hydrogen-bond acceptors (Lipinski definition) is 3. The van der Waals surface area contributed by atoms with Crippen molar-refractivity contribution in [2.45, 2.75) is 12.8 Å². The monoisotopic (exact) mass is 273 g/mol. The average molecular weight is 273 g/mol. The van der Waals surface area contributed by atoms with E-state index in [9.17, 15) is 4.79 Å². The van der Waals surface area contributed by atoms with Gasteiger partial charge in [-0.05, 0) is 24.0 Å². The van der Waals surface area contributed by atoms with Crippen LogP contribution in [0.15, 0.2) is 24.4 Å². The van der Waals surface area contributed by atoms with Crippen molar-refractivity contribution in [2.24, 2.45) is 5.92 Å². The predicted molar refractivity (Wildman–Crippen MR) is 76.4 cm³/mol. The summed E-state index contributed by atoms with van der Waals surface area (Å²) in [6.45, 7) is 2.15. The number of carbonyl (C=O) groups is 1. The maximum atomic E-state index is 11.9. The number of methoxy groups -OCH3 is 1. The van der Waals surface area contributed by atoms with Crippen molar-refractivity contribution in [3.63, 3.8) is 0 Å². The highest BCUT2D eigenvalue weighted by Gasteiger charge is 2.29. The molecule has 1 atom stereocenters. The van der Waals surface area contributed by atoms with Gasteiger partial charge < -0.3 is 9.64 Å². The highest BCUT2D eigenvalue weighted by molar-refractivity contribution is 5.79. The van der Waals surface area contributed by atoms with Crippen LogP contribution in [0.4, 0.5) is 0 Å². The van der Waals surface area contributed by atoms with E-state index in [4.69, 9.17) is 4.74 Å². The average Bonchev–Trinajstić information content (AvgIpc) is 3.03. The van der Waals surface area contributed by atoms with Crippen LogP contribution in [0.25, 0.3) is 10.9 Å². The molecule has 1 aromatic heterocycles. The van der Waals surface area contributed by atoms with Gasteiger partial charge in [0.15, 0.2) is 0 Å². The minimum absolute atomic E-state index is 0.245. The summed E-state index contributed by atoms with van der Waals surface area (Å²) in [4.78, 5) is 13.8. The summed E-state index contributed by atoms with van der Waals surface area (Å²) in [7, 11) is 1.66. The van der Waals surface area contributed by atoms with Gasteiger partial charge in [0.25, 0.3) is 0 Å². The number of amides is 1. The summed E-state index contributed by atoms with van der Waals surface area (Å²) in [5.74, 6) is 0.648. The quantitative estimate of drug-likeness (QED) is 0.900. The molecule has 3 rings (SSSR count). The number of benzene rings is 1. The fourth-order valence-corrected chi connectivity index (χ4v) is 2.85. The summed E-state index contributed by atoms with van der Waals surface area (Å²) in [6.07, 6.45) is 3.40. The van der Waals surface area contributed by atoms with Gasteiger partial charge >= 0.3 is 0 Å².